The van der Waals surface area contributed by atoms with Gasteiger partial charge in [0, 0.05) is 17.9 Å². The van der Waals surface area contributed by atoms with E-state index in [0.717, 1.165) is 5.56 Å². The Morgan fingerprint density at radius 2 is 2.40 bits per heavy atom. The Morgan fingerprint density at radius 3 is 3.13 bits per heavy atom. The zero-order valence-corrected chi connectivity index (χ0v) is 8.07. The Balaban J connectivity index is 2.13. The predicted molar refractivity (Wildman–Crippen MR) is 51.5 cm³/mol. The van der Waals surface area contributed by atoms with E-state index in [-0.39, 0.29) is 18.2 Å². The average molecular weight is 210 g/mol. The first-order valence-corrected chi connectivity index (χ1v) is 4.81. The Morgan fingerprint density at radius 1 is 1.60 bits per heavy atom. The van der Waals surface area contributed by atoms with Crippen LogP contribution in [0.25, 0.3) is 0 Å². The number of ether oxygens (including phenoxy) is 1. The van der Waals surface area contributed by atoms with Crippen molar-refractivity contribution in [2.24, 2.45) is 0 Å². The van der Waals surface area contributed by atoms with Gasteiger partial charge in [0.1, 0.15) is 11.6 Å². The smallest absolute Gasteiger partial charge is 0.303 e. The molecule has 0 fully saturated rings. The summed E-state index contributed by atoms with van der Waals surface area (Å²) in [6.07, 6.45) is 0.579. The minimum Gasteiger partial charge on any atom is -0.493 e. The molecule has 1 aliphatic rings. The highest BCUT2D eigenvalue weighted by atomic mass is 19.1. The molecule has 1 N–H and O–H groups in total. The van der Waals surface area contributed by atoms with Gasteiger partial charge in [0.25, 0.3) is 0 Å². The van der Waals surface area contributed by atoms with Crippen LogP contribution in [0.5, 0.6) is 5.75 Å². The van der Waals surface area contributed by atoms with Crippen LogP contribution < -0.4 is 4.74 Å². The topological polar surface area (TPSA) is 46.5 Å². The molecule has 1 atom stereocenters. The molecular formula is C11H11FO3. The normalized spacial score (nSPS) is 18.3. The number of carboxylic acid groups (broad SMARTS) is 1. The van der Waals surface area contributed by atoms with Gasteiger partial charge in [0.15, 0.2) is 0 Å². The minimum atomic E-state index is -0.833. The van der Waals surface area contributed by atoms with Crippen LogP contribution in [0.2, 0.25) is 0 Å². The molecule has 1 aliphatic heterocycles. The van der Waals surface area contributed by atoms with Crippen LogP contribution in [0.15, 0.2) is 18.2 Å². The van der Waals surface area contributed by atoms with E-state index in [2.05, 4.69) is 0 Å². The number of carboxylic acids is 1. The fourth-order valence-electron chi connectivity index (χ4n) is 1.79. The third-order valence-corrected chi connectivity index (χ3v) is 2.56. The second-order valence-corrected chi connectivity index (χ2v) is 3.62. The van der Waals surface area contributed by atoms with Gasteiger partial charge in [-0.2, -0.15) is 0 Å². The van der Waals surface area contributed by atoms with Crippen LogP contribution in [-0.2, 0) is 4.79 Å². The molecule has 2 rings (SSSR count). The van der Waals surface area contributed by atoms with Gasteiger partial charge in [-0.15, -0.1) is 0 Å². The summed E-state index contributed by atoms with van der Waals surface area (Å²) in [4.78, 5) is 10.4. The van der Waals surface area contributed by atoms with E-state index in [1.807, 2.05) is 0 Å². The standard InChI is InChI=1S/C11H11FO3/c12-8-2-3-10-9(5-8)7(6-15-10)1-4-11(13)14/h2-3,5,7H,1,4,6H2,(H,13,14). The predicted octanol–water partition coefficient (Wildman–Crippen LogP) is 2.17. The van der Waals surface area contributed by atoms with Crippen molar-refractivity contribution in [3.63, 3.8) is 0 Å². The summed E-state index contributed by atoms with van der Waals surface area (Å²) in [5.74, 6) is -0.460. The molecule has 15 heavy (non-hydrogen) atoms. The van der Waals surface area contributed by atoms with Gasteiger partial charge in [0.05, 0.1) is 6.61 Å². The molecule has 80 valence electrons. The molecule has 1 unspecified atom stereocenters. The number of fused-ring (bicyclic) bond motifs is 1. The lowest BCUT2D eigenvalue weighted by atomic mass is 9.96. The van der Waals surface area contributed by atoms with E-state index >= 15 is 0 Å². The van der Waals surface area contributed by atoms with Gasteiger partial charge < -0.3 is 9.84 Å². The van der Waals surface area contributed by atoms with E-state index in [0.29, 0.717) is 18.8 Å². The van der Waals surface area contributed by atoms with E-state index in [4.69, 9.17) is 9.84 Å². The number of hydrogen-bond acceptors (Lipinski definition) is 2. The van der Waals surface area contributed by atoms with Crippen LogP contribution in [-0.4, -0.2) is 17.7 Å². The SMILES string of the molecule is O=C(O)CCC1COc2ccc(F)cc21. The number of benzene rings is 1. The van der Waals surface area contributed by atoms with Crippen molar-refractivity contribution in [1.82, 2.24) is 0 Å². The molecule has 0 spiro atoms. The molecule has 0 aromatic heterocycles. The van der Waals surface area contributed by atoms with Crippen molar-refractivity contribution in [2.45, 2.75) is 18.8 Å². The van der Waals surface area contributed by atoms with Crippen molar-refractivity contribution in [2.75, 3.05) is 6.61 Å². The zero-order chi connectivity index (χ0) is 10.8. The van der Waals surface area contributed by atoms with Crippen LogP contribution in [0.3, 0.4) is 0 Å². The van der Waals surface area contributed by atoms with Gasteiger partial charge in [-0.05, 0) is 24.6 Å². The number of rotatable bonds is 3. The molecule has 0 bridgehead atoms. The van der Waals surface area contributed by atoms with Crippen LogP contribution in [0.1, 0.15) is 24.3 Å². The summed E-state index contributed by atoms with van der Waals surface area (Å²) in [7, 11) is 0. The molecule has 0 saturated heterocycles. The van der Waals surface area contributed by atoms with E-state index < -0.39 is 5.97 Å². The summed E-state index contributed by atoms with van der Waals surface area (Å²) in [5, 5.41) is 8.56. The van der Waals surface area contributed by atoms with Crippen molar-refractivity contribution in [1.29, 1.82) is 0 Å². The van der Waals surface area contributed by atoms with Gasteiger partial charge in [0.2, 0.25) is 0 Å². The summed E-state index contributed by atoms with van der Waals surface area (Å²) < 4.78 is 18.3. The number of carbonyl (C=O) groups is 1. The monoisotopic (exact) mass is 210 g/mol. The first-order chi connectivity index (χ1) is 7.16. The maximum Gasteiger partial charge on any atom is 0.303 e. The van der Waals surface area contributed by atoms with Gasteiger partial charge in [-0.25, -0.2) is 4.39 Å². The molecule has 1 aromatic carbocycles. The summed E-state index contributed by atoms with van der Waals surface area (Å²) in [5.41, 5.74) is 0.788. The highest BCUT2D eigenvalue weighted by Crippen LogP contribution is 2.36. The van der Waals surface area contributed by atoms with Crippen molar-refractivity contribution in [3.8, 4) is 5.75 Å². The first-order valence-electron chi connectivity index (χ1n) is 4.81. The lowest BCUT2D eigenvalue weighted by Gasteiger charge is -2.05. The van der Waals surface area contributed by atoms with Crippen LogP contribution in [0, 0.1) is 5.82 Å². The molecule has 1 aromatic rings. The second-order valence-electron chi connectivity index (χ2n) is 3.62. The maximum atomic E-state index is 13.0. The number of aliphatic carboxylic acids is 1. The number of hydrogen-bond donors (Lipinski definition) is 1. The lowest BCUT2D eigenvalue weighted by Crippen LogP contribution is -2.04. The third kappa shape index (κ3) is 2.09. The summed E-state index contributed by atoms with van der Waals surface area (Å²) in [6, 6.07) is 4.36. The largest absolute Gasteiger partial charge is 0.493 e. The molecular weight excluding hydrogens is 199 g/mol. The number of halogens is 1. The molecule has 1 heterocycles. The van der Waals surface area contributed by atoms with E-state index in [1.165, 1.54) is 12.1 Å². The molecule has 3 nitrogen and oxygen atoms in total. The van der Waals surface area contributed by atoms with Gasteiger partial charge >= 0.3 is 5.97 Å². The Bertz CT molecular complexity index is 389. The fourth-order valence-corrected chi connectivity index (χ4v) is 1.79. The Kier molecular flexibility index (Phi) is 2.58. The summed E-state index contributed by atoms with van der Waals surface area (Å²) in [6.45, 7) is 0.450. The third-order valence-electron chi connectivity index (χ3n) is 2.56. The average Bonchev–Trinajstić information content (AvgIpc) is 2.57. The fraction of sp³-hybridized carbons (Fsp3) is 0.364. The minimum absolute atomic E-state index is 0.00630. The van der Waals surface area contributed by atoms with Gasteiger partial charge in [-0.3, -0.25) is 4.79 Å². The maximum absolute atomic E-state index is 13.0. The Hall–Kier alpha value is -1.58. The highest BCUT2D eigenvalue weighted by molar-refractivity contribution is 5.66. The quantitative estimate of drug-likeness (QED) is 0.831. The van der Waals surface area contributed by atoms with Crippen molar-refractivity contribution < 1.29 is 19.0 Å². The molecule has 0 radical (unpaired) electrons. The summed E-state index contributed by atoms with van der Waals surface area (Å²) >= 11 is 0. The second kappa shape index (κ2) is 3.88. The lowest BCUT2D eigenvalue weighted by molar-refractivity contribution is -0.137. The molecule has 0 amide bonds. The first kappa shape index (κ1) is 9.96. The van der Waals surface area contributed by atoms with Crippen molar-refractivity contribution >= 4 is 5.97 Å². The van der Waals surface area contributed by atoms with Crippen LogP contribution in [0.4, 0.5) is 4.39 Å². The molecule has 0 saturated carbocycles. The zero-order valence-electron chi connectivity index (χ0n) is 8.07. The van der Waals surface area contributed by atoms with Gasteiger partial charge in [-0.1, -0.05) is 0 Å². The van der Waals surface area contributed by atoms with E-state index in [1.54, 1.807) is 6.07 Å². The molecule has 0 aliphatic carbocycles. The van der Waals surface area contributed by atoms with Crippen LogP contribution >= 0.6 is 0 Å². The Labute approximate surface area is 86.5 Å². The van der Waals surface area contributed by atoms with E-state index in [9.17, 15) is 9.18 Å². The molecule has 4 heteroatoms. The highest BCUT2D eigenvalue weighted by Gasteiger charge is 2.24. The van der Waals surface area contributed by atoms with Crippen molar-refractivity contribution in [3.05, 3.63) is 29.6 Å².